The van der Waals surface area contributed by atoms with E-state index in [1.807, 2.05) is 0 Å². The third-order valence-electron chi connectivity index (χ3n) is 22.2. The first kappa shape index (κ1) is 96.7. The molecule has 2 aliphatic heterocycles. The first-order valence-corrected chi connectivity index (χ1v) is 41.0. The van der Waals surface area contributed by atoms with Crippen molar-refractivity contribution in [1.29, 1.82) is 32.5 Å². The zero-order valence-electron chi connectivity index (χ0n) is 69.1. The fourth-order valence-corrected chi connectivity index (χ4v) is 15.9. The molecule has 3 aromatic carbocycles. The maximum atomic E-state index is 15.4. The number of fused-ring (bicyclic) bond motifs is 6. The van der Waals surface area contributed by atoms with Gasteiger partial charge in [0.05, 0.1) is 12.1 Å². The molecule has 0 radical (unpaired) electrons. The Labute approximate surface area is 718 Å². The van der Waals surface area contributed by atoms with E-state index >= 15 is 24.0 Å². The molecule has 3 fully saturated rings. The Hall–Kier alpha value is -13.8. The van der Waals surface area contributed by atoms with Crippen molar-refractivity contribution < 1.29 is 77.2 Å². The Morgan fingerprint density at radius 3 is 1.03 bits per heavy atom. The van der Waals surface area contributed by atoms with Gasteiger partial charge in [0.1, 0.15) is 75.9 Å². The summed E-state index contributed by atoms with van der Waals surface area (Å²) in [5.41, 5.74) is 52.2. The molecule has 8 rings (SSSR count). The Kier molecular flexibility index (Phi) is 33.9. The smallest absolute Gasteiger partial charge is 0.340 e. The molecule has 48 heteroatoms. The lowest BCUT2D eigenvalue weighted by Gasteiger charge is -2.36. The molecule has 5 aliphatic rings. The van der Waals surface area contributed by atoms with Gasteiger partial charge in [-0.05, 0) is 171 Å². The minimum atomic E-state index is -1.96. The SMILES string of the molecule is N=C(N)NCCC[C@H](NC(=O)CNC(=O)c1ccc2c(c1)C(=O)OC21c2ccc(O)cc2Oc2cc(O)ccc21)C(=O)N[C@@H](CCCNC(=N)N)C(=O)N[C@@]1(C(=O)N[C@@H](CCCNC(=N)N)C(=O)N[C@@H](CCCNC(=N)N)C(=O)N[C@@]2(C(=O)N[C@@H](CCCNC(=N)N)C(=O)N[C@@H](CCCNC(=N)N)C(=O)N[C@@]3(C(N)=O)CCC(N)C3)CCC(N)C2)CCC(N)C1. The van der Waals surface area contributed by atoms with Crippen LogP contribution in [0.4, 0.5) is 0 Å². The number of ether oxygens (including phenoxy) is 2. The molecule has 3 aliphatic carbocycles. The van der Waals surface area contributed by atoms with Crippen LogP contribution in [0.25, 0.3) is 0 Å². The molecular weight excluding hydrogens is 1630 g/mol. The van der Waals surface area contributed by atoms with Gasteiger partial charge in [-0.15, -0.1) is 0 Å². The van der Waals surface area contributed by atoms with Crippen molar-refractivity contribution in [2.24, 2.45) is 57.3 Å². The van der Waals surface area contributed by atoms with E-state index in [2.05, 4.69) is 85.1 Å². The molecule has 2 heterocycles. The molecule has 11 amide bonds. The van der Waals surface area contributed by atoms with Crippen LogP contribution in [0.1, 0.15) is 172 Å². The quantitative estimate of drug-likeness (QED) is 0.0108. The van der Waals surface area contributed by atoms with E-state index in [0.717, 1.165) is 0 Å². The Morgan fingerprint density at radius 1 is 0.400 bits per heavy atom. The number of phenolic OH excluding ortho intramolecular Hbond substituents is 2. The number of hydrogen-bond donors (Lipinski definition) is 34. The average Bonchev–Trinajstić information content (AvgIpc) is 1.57. The van der Waals surface area contributed by atoms with E-state index in [0.29, 0.717) is 17.5 Å². The molecule has 3 unspecified atom stereocenters. The standard InChI is InChI=1S/C77H118N32O16/c78-39-19-22-74(34-39,65(81)121)107-61(117)51(10-4-28-97-71(88)89)103-59(115)49(8-2-26-95-69(84)85)105-67(123)76(24-21-41(80)36-76)109-63(119)53(12-6-30-99-73(92)93)104-60(116)50(9-3-27-96-70(86)87)106-66(122)75(23-20-40(79)35-75)108-62(118)52(11-5-29-98-72(90)91)102-58(114)48(7-1-25-94-68(82)83)101-56(112)37-100-57(113)38-13-16-45-44(31-38)64(120)125-77(45)46-17-14-42(110)32-54(46)124-55-33-43(111)15-18-47(55)77/h13-18,31-33,39-41,48-53,110-111H,1-12,19-30,34-37,78-80H2,(H2,81,121)(H,100,113)(H,101,112)(H,102,114)(H,103,115)(H,104,116)(H,105,123)(H,106,122)(H,107,117)(H,108,118)(H,109,119)(H4,82,83,94)(H4,84,85,95)(H4,86,87,96)(H4,88,89,97)(H4,90,91,98)(H4,92,93,99)/t39?,40?,41?,48-,49-,50-,51-,52-,53-,74-,75-,76-/m0/s1. The van der Waals surface area contributed by atoms with Crippen LogP contribution in [-0.2, 0) is 58.3 Å². The van der Waals surface area contributed by atoms with E-state index < -0.39 is 184 Å². The highest BCUT2D eigenvalue weighted by Crippen LogP contribution is 2.57. The van der Waals surface area contributed by atoms with Crippen molar-refractivity contribution >= 4 is 107 Å². The normalized spacial score (nSPS) is 20.5. The second-order valence-corrected chi connectivity index (χ2v) is 31.8. The second-order valence-electron chi connectivity index (χ2n) is 31.8. The maximum Gasteiger partial charge on any atom is 0.340 e. The van der Waals surface area contributed by atoms with Crippen molar-refractivity contribution in [3.8, 4) is 23.0 Å². The summed E-state index contributed by atoms with van der Waals surface area (Å²) in [6.45, 7) is -0.716. The lowest BCUT2D eigenvalue weighted by Crippen LogP contribution is -2.66. The molecule has 1 spiro atoms. The van der Waals surface area contributed by atoms with E-state index in [9.17, 15) is 43.8 Å². The number of rotatable bonds is 45. The molecular formula is C77H118N32O16. The van der Waals surface area contributed by atoms with Crippen molar-refractivity contribution in [2.45, 2.75) is 211 Å². The molecule has 682 valence electrons. The van der Waals surface area contributed by atoms with Crippen LogP contribution in [-0.4, -0.2) is 234 Å². The Morgan fingerprint density at radius 2 is 0.712 bits per heavy atom. The maximum absolute atomic E-state index is 15.4. The predicted molar refractivity (Wildman–Crippen MR) is 454 cm³/mol. The van der Waals surface area contributed by atoms with Crippen molar-refractivity contribution in [3.05, 3.63) is 82.4 Å². The first-order chi connectivity index (χ1) is 59.2. The Bertz CT molecular complexity index is 4520. The highest BCUT2D eigenvalue weighted by atomic mass is 16.6. The summed E-state index contributed by atoms with van der Waals surface area (Å²) in [7, 11) is 0. The van der Waals surface area contributed by atoms with E-state index in [4.69, 9.17) is 99.3 Å². The molecule has 3 saturated carbocycles. The number of amides is 11. The number of guanidine groups is 6. The van der Waals surface area contributed by atoms with Gasteiger partial charge in [0.15, 0.2) is 41.4 Å². The molecule has 0 bridgehead atoms. The van der Waals surface area contributed by atoms with Crippen LogP contribution in [0.15, 0.2) is 54.6 Å². The second kappa shape index (κ2) is 43.8. The third kappa shape index (κ3) is 26.4. The highest BCUT2D eigenvalue weighted by molar-refractivity contribution is 6.04. The summed E-state index contributed by atoms with van der Waals surface area (Å²) in [5, 5.41) is 110. The summed E-state index contributed by atoms with van der Waals surface area (Å²) < 4.78 is 12.2. The number of benzene rings is 3. The molecule has 0 saturated heterocycles. The number of phenols is 2. The number of primary amides is 1. The topological polar surface area (TPSA) is 860 Å². The van der Waals surface area contributed by atoms with Gasteiger partial charge in [0.25, 0.3) is 5.91 Å². The zero-order valence-corrected chi connectivity index (χ0v) is 69.1. The van der Waals surface area contributed by atoms with Crippen LogP contribution in [0.3, 0.4) is 0 Å². The van der Waals surface area contributed by atoms with Gasteiger partial charge >= 0.3 is 5.97 Å². The van der Waals surface area contributed by atoms with E-state index in [1.165, 1.54) is 54.6 Å². The summed E-state index contributed by atoms with van der Waals surface area (Å²) in [5.74, 6) is -13.5. The number of esters is 1. The summed E-state index contributed by atoms with van der Waals surface area (Å²) in [6.07, 6.45) is -0.824. The molecule has 12 atom stereocenters. The monoisotopic (exact) mass is 1750 g/mol. The van der Waals surface area contributed by atoms with E-state index in [1.54, 1.807) is 0 Å². The molecule has 125 heavy (non-hydrogen) atoms. The fourth-order valence-electron chi connectivity index (χ4n) is 15.9. The minimum Gasteiger partial charge on any atom is -0.508 e. The van der Waals surface area contributed by atoms with Gasteiger partial charge < -0.3 is 162 Å². The summed E-state index contributed by atoms with van der Waals surface area (Å²) >= 11 is 0. The van der Waals surface area contributed by atoms with Gasteiger partial charge in [0, 0.05) is 91.8 Å². The van der Waals surface area contributed by atoms with Gasteiger partial charge in [-0.3, -0.25) is 85.2 Å². The number of nitrogens with one attached hydrogen (secondary N) is 22. The summed E-state index contributed by atoms with van der Waals surface area (Å²) in [4.78, 5) is 174. The Balaban J connectivity index is 1.01. The molecule has 0 aromatic heterocycles. The molecule has 48 nitrogen and oxygen atoms in total. The predicted octanol–water partition coefficient (Wildman–Crippen LogP) is -7.53. The lowest BCUT2D eigenvalue weighted by atomic mass is 9.77. The minimum absolute atomic E-state index is 0.00483. The lowest BCUT2D eigenvalue weighted by molar-refractivity contribution is -0.139. The zero-order chi connectivity index (χ0) is 91.7. The van der Waals surface area contributed by atoms with Crippen LogP contribution in [0.2, 0.25) is 0 Å². The van der Waals surface area contributed by atoms with Crippen molar-refractivity contribution in [2.75, 3.05) is 45.8 Å². The van der Waals surface area contributed by atoms with Crippen LogP contribution in [0.5, 0.6) is 23.0 Å². The number of nitrogens with two attached hydrogens (primary N) is 10. The largest absolute Gasteiger partial charge is 0.508 e. The van der Waals surface area contributed by atoms with Gasteiger partial charge in [0.2, 0.25) is 59.1 Å². The number of hydrogen-bond acceptors (Lipinski definition) is 25. The molecule has 44 N–H and O–H groups in total. The van der Waals surface area contributed by atoms with Gasteiger partial charge in [-0.2, -0.15) is 0 Å². The number of aromatic hydroxyl groups is 2. The van der Waals surface area contributed by atoms with Gasteiger partial charge in [-0.1, -0.05) is 6.07 Å². The number of carbonyl (C=O) groups excluding carboxylic acids is 12. The van der Waals surface area contributed by atoms with Gasteiger partial charge in [-0.25, -0.2) is 4.79 Å². The van der Waals surface area contributed by atoms with E-state index in [-0.39, 0.29) is 213 Å². The molecule has 3 aromatic rings. The first-order valence-electron chi connectivity index (χ1n) is 41.0. The highest BCUT2D eigenvalue weighted by Gasteiger charge is 2.55. The van der Waals surface area contributed by atoms with Crippen LogP contribution < -0.4 is 147 Å². The van der Waals surface area contributed by atoms with Crippen LogP contribution in [0, 0.1) is 32.5 Å². The van der Waals surface area contributed by atoms with Crippen molar-refractivity contribution in [3.63, 3.8) is 0 Å². The third-order valence-corrected chi connectivity index (χ3v) is 22.2. The number of carbonyl (C=O) groups is 12. The van der Waals surface area contributed by atoms with Crippen LogP contribution >= 0.6 is 0 Å². The fraction of sp³-hybridized carbons (Fsp3) is 0.532. The summed E-state index contributed by atoms with van der Waals surface area (Å²) in [6, 6.07) is 1.40. The average molecular weight is 1750 g/mol. The van der Waals surface area contributed by atoms with Crippen molar-refractivity contribution in [1.82, 2.24) is 85.1 Å².